The van der Waals surface area contributed by atoms with Gasteiger partial charge in [0.05, 0.1) is 11.7 Å². The molecular weight excluding hydrogens is 208 g/mol. The van der Waals surface area contributed by atoms with Crippen molar-refractivity contribution in [2.45, 2.75) is 57.2 Å². The number of rotatable bonds is 4. The fourth-order valence-corrected chi connectivity index (χ4v) is 3.60. The van der Waals surface area contributed by atoms with E-state index in [-0.39, 0.29) is 5.60 Å². The fraction of sp³-hybridized carbons (Fsp3) is 0.625. The number of fused-ring (bicyclic) bond motifs is 2. The maximum Gasteiger partial charge on any atom is 0.0663 e. The zero-order chi connectivity index (χ0) is 11.7. The van der Waals surface area contributed by atoms with Crippen LogP contribution in [0.4, 0.5) is 0 Å². The SMILES string of the molecule is CC12CCC(O1)C(CCCc1ccccc1)C2. The molecule has 0 saturated carbocycles. The highest BCUT2D eigenvalue weighted by atomic mass is 16.5. The van der Waals surface area contributed by atoms with E-state index in [0.717, 1.165) is 5.92 Å². The second-order valence-electron chi connectivity index (χ2n) is 5.99. The summed E-state index contributed by atoms with van der Waals surface area (Å²) in [5.41, 5.74) is 1.71. The molecule has 0 aliphatic carbocycles. The Balaban J connectivity index is 1.47. The van der Waals surface area contributed by atoms with Gasteiger partial charge in [0.25, 0.3) is 0 Å². The van der Waals surface area contributed by atoms with Crippen molar-refractivity contribution in [3.63, 3.8) is 0 Å². The van der Waals surface area contributed by atoms with Gasteiger partial charge in [0.15, 0.2) is 0 Å². The van der Waals surface area contributed by atoms with Crippen LogP contribution in [0.2, 0.25) is 0 Å². The topological polar surface area (TPSA) is 9.23 Å². The Labute approximate surface area is 104 Å². The maximum absolute atomic E-state index is 6.08. The molecule has 2 aliphatic heterocycles. The van der Waals surface area contributed by atoms with E-state index in [9.17, 15) is 0 Å². The van der Waals surface area contributed by atoms with Crippen LogP contribution in [0.25, 0.3) is 0 Å². The zero-order valence-electron chi connectivity index (χ0n) is 10.7. The lowest BCUT2D eigenvalue weighted by Crippen LogP contribution is -2.22. The molecule has 1 aromatic carbocycles. The molecule has 0 aromatic heterocycles. The molecule has 2 saturated heterocycles. The molecule has 3 rings (SSSR count). The minimum atomic E-state index is 0.238. The van der Waals surface area contributed by atoms with Crippen molar-refractivity contribution in [2.24, 2.45) is 5.92 Å². The highest BCUT2D eigenvalue weighted by molar-refractivity contribution is 5.14. The van der Waals surface area contributed by atoms with E-state index >= 15 is 0 Å². The Kier molecular flexibility index (Phi) is 2.96. The molecule has 2 heterocycles. The van der Waals surface area contributed by atoms with E-state index in [4.69, 9.17) is 4.74 Å². The van der Waals surface area contributed by atoms with Crippen molar-refractivity contribution in [1.82, 2.24) is 0 Å². The van der Waals surface area contributed by atoms with Gasteiger partial charge in [0.2, 0.25) is 0 Å². The van der Waals surface area contributed by atoms with Crippen molar-refractivity contribution in [3.05, 3.63) is 35.9 Å². The first kappa shape index (κ1) is 11.3. The summed E-state index contributed by atoms with van der Waals surface area (Å²) >= 11 is 0. The number of benzene rings is 1. The summed E-state index contributed by atoms with van der Waals surface area (Å²) in [4.78, 5) is 0. The number of aryl methyl sites for hydroxylation is 1. The summed E-state index contributed by atoms with van der Waals surface area (Å²) in [6, 6.07) is 10.8. The Morgan fingerprint density at radius 2 is 2.12 bits per heavy atom. The van der Waals surface area contributed by atoms with Crippen LogP contribution in [0.1, 0.15) is 44.6 Å². The Hall–Kier alpha value is -0.820. The van der Waals surface area contributed by atoms with Gasteiger partial charge in [-0.05, 0) is 56.9 Å². The van der Waals surface area contributed by atoms with Gasteiger partial charge in [-0.25, -0.2) is 0 Å². The van der Waals surface area contributed by atoms with E-state index in [1.54, 1.807) is 0 Å². The molecule has 1 heteroatoms. The van der Waals surface area contributed by atoms with Crippen LogP contribution in [0, 0.1) is 5.92 Å². The second kappa shape index (κ2) is 4.45. The summed E-state index contributed by atoms with van der Waals surface area (Å²) in [7, 11) is 0. The van der Waals surface area contributed by atoms with Crippen molar-refractivity contribution in [3.8, 4) is 0 Å². The van der Waals surface area contributed by atoms with Gasteiger partial charge < -0.3 is 4.74 Å². The Morgan fingerprint density at radius 1 is 1.29 bits per heavy atom. The van der Waals surface area contributed by atoms with Crippen LogP contribution in [-0.2, 0) is 11.2 Å². The predicted molar refractivity (Wildman–Crippen MR) is 70.0 cm³/mol. The van der Waals surface area contributed by atoms with Crippen LogP contribution >= 0.6 is 0 Å². The fourth-order valence-electron chi connectivity index (χ4n) is 3.60. The van der Waals surface area contributed by atoms with Gasteiger partial charge in [-0.3, -0.25) is 0 Å². The second-order valence-corrected chi connectivity index (χ2v) is 5.99. The lowest BCUT2D eigenvalue weighted by molar-refractivity contribution is 0.0240. The van der Waals surface area contributed by atoms with Crippen LogP contribution in [0.3, 0.4) is 0 Å². The van der Waals surface area contributed by atoms with E-state index < -0.39 is 0 Å². The van der Waals surface area contributed by atoms with E-state index in [1.807, 2.05) is 0 Å². The third-order valence-corrected chi connectivity index (χ3v) is 4.50. The average molecular weight is 230 g/mol. The molecule has 0 spiro atoms. The largest absolute Gasteiger partial charge is 0.372 e. The number of hydrogen-bond donors (Lipinski definition) is 0. The third kappa shape index (κ3) is 2.40. The van der Waals surface area contributed by atoms with Crippen molar-refractivity contribution < 1.29 is 4.74 Å². The Bertz CT molecular complexity index is 372. The van der Waals surface area contributed by atoms with Crippen LogP contribution in [0.15, 0.2) is 30.3 Å². The summed E-state index contributed by atoms with van der Waals surface area (Å²) in [5, 5.41) is 0. The predicted octanol–water partition coefficient (Wildman–Crippen LogP) is 3.97. The number of hydrogen-bond acceptors (Lipinski definition) is 1. The minimum Gasteiger partial charge on any atom is -0.372 e. The van der Waals surface area contributed by atoms with Gasteiger partial charge in [-0.1, -0.05) is 30.3 Å². The summed E-state index contributed by atoms with van der Waals surface area (Å²) in [6.45, 7) is 2.30. The van der Waals surface area contributed by atoms with Gasteiger partial charge >= 0.3 is 0 Å². The molecule has 2 aliphatic rings. The molecular formula is C16H22O. The zero-order valence-corrected chi connectivity index (χ0v) is 10.7. The highest BCUT2D eigenvalue weighted by Crippen LogP contribution is 2.48. The summed E-state index contributed by atoms with van der Waals surface area (Å²) < 4.78 is 6.08. The molecule has 92 valence electrons. The molecule has 0 amide bonds. The van der Waals surface area contributed by atoms with Gasteiger partial charge in [0, 0.05) is 0 Å². The number of ether oxygens (including phenoxy) is 1. The molecule has 1 aromatic rings. The molecule has 3 atom stereocenters. The maximum atomic E-state index is 6.08. The van der Waals surface area contributed by atoms with Crippen LogP contribution in [-0.4, -0.2) is 11.7 Å². The molecule has 3 unspecified atom stereocenters. The molecule has 1 nitrogen and oxygen atoms in total. The van der Waals surface area contributed by atoms with Crippen molar-refractivity contribution >= 4 is 0 Å². The van der Waals surface area contributed by atoms with Crippen molar-refractivity contribution in [2.75, 3.05) is 0 Å². The first-order chi connectivity index (χ1) is 8.25. The van der Waals surface area contributed by atoms with Gasteiger partial charge in [0.1, 0.15) is 0 Å². The molecule has 0 N–H and O–H groups in total. The molecule has 17 heavy (non-hydrogen) atoms. The lowest BCUT2D eigenvalue weighted by Gasteiger charge is -2.22. The van der Waals surface area contributed by atoms with E-state index in [0.29, 0.717) is 6.10 Å². The smallest absolute Gasteiger partial charge is 0.0663 e. The van der Waals surface area contributed by atoms with Gasteiger partial charge in [-0.15, -0.1) is 0 Å². The molecule has 0 radical (unpaired) electrons. The minimum absolute atomic E-state index is 0.238. The quantitative estimate of drug-likeness (QED) is 0.760. The molecule has 2 bridgehead atoms. The first-order valence-corrected chi connectivity index (χ1v) is 6.97. The monoisotopic (exact) mass is 230 g/mol. The third-order valence-electron chi connectivity index (χ3n) is 4.50. The first-order valence-electron chi connectivity index (χ1n) is 6.97. The van der Waals surface area contributed by atoms with Gasteiger partial charge in [-0.2, -0.15) is 0 Å². The lowest BCUT2D eigenvalue weighted by atomic mass is 9.80. The van der Waals surface area contributed by atoms with E-state index in [1.165, 1.54) is 44.1 Å². The summed E-state index contributed by atoms with van der Waals surface area (Å²) in [5.74, 6) is 0.831. The highest BCUT2D eigenvalue weighted by Gasteiger charge is 2.48. The van der Waals surface area contributed by atoms with Crippen LogP contribution < -0.4 is 0 Å². The van der Waals surface area contributed by atoms with E-state index in [2.05, 4.69) is 37.3 Å². The normalized spacial score (nSPS) is 35.4. The molecule has 2 fully saturated rings. The summed E-state index contributed by atoms with van der Waals surface area (Å²) in [6.07, 6.45) is 8.34. The standard InChI is InChI=1S/C16H22O/c1-16-11-10-15(17-16)14(12-16)9-5-8-13-6-3-2-4-7-13/h2-4,6-7,14-15H,5,8-12H2,1H3. The van der Waals surface area contributed by atoms with Crippen LogP contribution in [0.5, 0.6) is 0 Å². The van der Waals surface area contributed by atoms with Crippen molar-refractivity contribution in [1.29, 1.82) is 0 Å². The average Bonchev–Trinajstić information content (AvgIpc) is 2.86. The Morgan fingerprint density at radius 3 is 2.76 bits per heavy atom.